The maximum absolute atomic E-state index is 12.6. The second-order valence-corrected chi connectivity index (χ2v) is 6.64. The van der Waals surface area contributed by atoms with Gasteiger partial charge in [-0.2, -0.15) is 5.10 Å². The SMILES string of the molecule is Cn1ncc(NC(=O)C2CC2c2ccccc2)c1C(=O)NCc1ccco1. The third-order valence-electron chi connectivity index (χ3n) is 4.77. The summed E-state index contributed by atoms with van der Waals surface area (Å²) in [6, 6.07) is 13.5. The lowest BCUT2D eigenvalue weighted by atomic mass is 10.1. The van der Waals surface area contributed by atoms with Gasteiger partial charge in [-0.1, -0.05) is 30.3 Å². The molecule has 4 rings (SSSR count). The van der Waals surface area contributed by atoms with Crippen LogP contribution >= 0.6 is 0 Å². The van der Waals surface area contributed by atoms with E-state index in [2.05, 4.69) is 15.7 Å². The van der Waals surface area contributed by atoms with Gasteiger partial charge in [0, 0.05) is 13.0 Å². The maximum Gasteiger partial charge on any atom is 0.272 e. The third kappa shape index (κ3) is 3.62. The van der Waals surface area contributed by atoms with Crippen molar-refractivity contribution >= 4 is 17.5 Å². The van der Waals surface area contributed by atoms with E-state index < -0.39 is 0 Å². The van der Waals surface area contributed by atoms with E-state index in [1.807, 2.05) is 30.3 Å². The third-order valence-corrected chi connectivity index (χ3v) is 4.77. The summed E-state index contributed by atoms with van der Waals surface area (Å²) in [7, 11) is 1.67. The van der Waals surface area contributed by atoms with Crippen molar-refractivity contribution in [2.75, 3.05) is 5.32 Å². The molecule has 0 aliphatic heterocycles. The summed E-state index contributed by atoms with van der Waals surface area (Å²) in [5, 5.41) is 9.75. The monoisotopic (exact) mass is 364 g/mol. The Morgan fingerprint density at radius 2 is 2.04 bits per heavy atom. The van der Waals surface area contributed by atoms with Crippen molar-refractivity contribution < 1.29 is 14.0 Å². The van der Waals surface area contributed by atoms with E-state index in [0.717, 1.165) is 6.42 Å². The normalized spacial score (nSPS) is 18.1. The van der Waals surface area contributed by atoms with Gasteiger partial charge in [-0.05, 0) is 30.0 Å². The Hall–Kier alpha value is -3.35. The molecule has 2 heterocycles. The minimum absolute atomic E-state index is 0.0772. The van der Waals surface area contributed by atoms with Crippen LogP contribution in [0.25, 0.3) is 0 Å². The van der Waals surface area contributed by atoms with Crippen LogP contribution < -0.4 is 10.6 Å². The number of nitrogens with one attached hydrogen (secondary N) is 2. The van der Waals surface area contributed by atoms with E-state index in [0.29, 0.717) is 17.1 Å². The highest BCUT2D eigenvalue weighted by Gasteiger charge is 2.44. The summed E-state index contributed by atoms with van der Waals surface area (Å²) in [6.07, 6.45) is 3.87. The van der Waals surface area contributed by atoms with Crippen molar-refractivity contribution in [3.8, 4) is 0 Å². The highest BCUT2D eigenvalue weighted by atomic mass is 16.3. The van der Waals surface area contributed by atoms with Crippen LogP contribution in [0.1, 0.15) is 34.2 Å². The summed E-state index contributed by atoms with van der Waals surface area (Å²) in [5.41, 5.74) is 1.89. The molecule has 0 radical (unpaired) electrons. The first-order valence-electron chi connectivity index (χ1n) is 8.82. The van der Waals surface area contributed by atoms with Crippen LogP contribution in [0.4, 0.5) is 5.69 Å². The van der Waals surface area contributed by atoms with Gasteiger partial charge in [-0.15, -0.1) is 0 Å². The van der Waals surface area contributed by atoms with Crippen LogP contribution in [0, 0.1) is 5.92 Å². The lowest BCUT2D eigenvalue weighted by Crippen LogP contribution is -2.27. The number of anilines is 1. The van der Waals surface area contributed by atoms with E-state index in [4.69, 9.17) is 4.42 Å². The molecule has 138 valence electrons. The van der Waals surface area contributed by atoms with Gasteiger partial charge in [-0.25, -0.2) is 0 Å². The van der Waals surface area contributed by atoms with E-state index in [9.17, 15) is 9.59 Å². The Balaban J connectivity index is 1.41. The average Bonchev–Trinajstić information content (AvgIpc) is 3.16. The van der Waals surface area contributed by atoms with Crippen LogP contribution in [0.3, 0.4) is 0 Å². The molecular weight excluding hydrogens is 344 g/mol. The fourth-order valence-corrected chi connectivity index (χ4v) is 3.24. The fourth-order valence-electron chi connectivity index (χ4n) is 3.24. The van der Waals surface area contributed by atoms with Gasteiger partial charge >= 0.3 is 0 Å². The lowest BCUT2D eigenvalue weighted by molar-refractivity contribution is -0.117. The number of benzene rings is 1. The number of carbonyl (C=O) groups excluding carboxylic acids is 2. The van der Waals surface area contributed by atoms with Crippen LogP contribution in [-0.4, -0.2) is 21.6 Å². The van der Waals surface area contributed by atoms with Crippen molar-refractivity contribution in [3.63, 3.8) is 0 Å². The Kier molecular flexibility index (Phi) is 4.50. The molecule has 1 fully saturated rings. The molecule has 2 aromatic heterocycles. The number of aromatic nitrogens is 2. The van der Waals surface area contributed by atoms with Gasteiger partial charge in [0.05, 0.1) is 24.7 Å². The summed E-state index contributed by atoms with van der Waals surface area (Å²) >= 11 is 0. The molecule has 2 atom stereocenters. The molecule has 1 aromatic carbocycles. The van der Waals surface area contributed by atoms with Crippen LogP contribution in [0.2, 0.25) is 0 Å². The van der Waals surface area contributed by atoms with E-state index >= 15 is 0 Å². The first-order chi connectivity index (χ1) is 13.1. The number of furan rings is 1. The zero-order chi connectivity index (χ0) is 18.8. The van der Waals surface area contributed by atoms with Crippen LogP contribution in [0.5, 0.6) is 0 Å². The molecule has 0 spiro atoms. The molecule has 0 saturated heterocycles. The zero-order valence-electron chi connectivity index (χ0n) is 14.9. The van der Waals surface area contributed by atoms with Gasteiger partial charge in [0.2, 0.25) is 5.91 Å². The topological polar surface area (TPSA) is 89.2 Å². The largest absolute Gasteiger partial charge is 0.467 e. The van der Waals surface area contributed by atoms with Crippen molar-refractivity contribution in [1.82, 2.24) is 15.1 Å². The van der Waals surface area contributed by atoms with Gasteiger partial charge in [0.1, 0.15) is 11.5 Å². The second kappa shape index (κ2) is 7.11. The molecule has 2 unspecified atom stereocenters. The molecule has 27 heavy (non-hydrogen) atoms. The van der Waals surface area contributed by atoms with Crippen LogP contribution in [-0.2, 0) is 18.4 Å². The molecule has 2 N–H and O–H groups in total. The highest BCUT2D eigenvalue weighted by Crippen LogP contribution is 2.47. The standard InChI is InChI=1S/C20H20N4O3/c1-24-18(20(26)21-11-14-8-5-9-27-14)17(12-22-24)23-19(25)16-10-15(16)13-6-3-2-4-7-13/h2-9,12,15-16H,10-11H2,1H3,(H,21,26)(H,23,25). The number of nitrogens with zero attached hydrogens (tertiary/aromatic N) is 2. The highest BCUT2D eigenvalue weighted by molar-refractivity contribution is 6.03. The van der Waals surface area contributed by atoms with Gasteiger partial charge < -0.3 is 15.1 Å². The second-order valence-electron chi connectivity index (χ2n) is 6.64. The van der Waals surface area contributed by atoms with Crippen LogP contribution in [0.15, 0.2) is 59.3 Å². The minimum Gasteiger partial charge on any atom is -0.467 e. The quantitative estimate of drug-likeness (QED) is 0.704. The summed E-state index contributed by atoms with van der Waals surface area (Å²) in [5.74, 6) is 0.402. The molecule has 1 aliphatic rings. The fraction of sp³-hybridized carbons (Fsp3) is 0.250. The molecule has 3 aromatic rings. The van der Waals surface area contributed by atoms with Crippen molar-refractivity contribution in [1.29, 1.82) is 0 Å². The Labute approximate surface area is 156 Å². The predicted molar refractivity (Wildman–Crippen MR) is 99.0 cm³/mol. The number of amides is 2. The first-order valence-corrected chi connectivity index (χ1v) is 8.82. The Bertz CT molecular complexity index is 947. The van der Waals surface area contributed by atoms with Crippen molar-refractivity contribution in [2.45, 2.75) is 18.9 Å². The van der Waals surface area contributed by atoms with Crippen molar-refractivity contribution in [3.05, 3.63) is 71.9 Å². The van der Waals surface area contributed by atoms with Gasteiger partial charge in [0.25, 0.3) is 5.91 Å². The Morgan fingerprint density at radius 1 is 1.22 bits per heavy atom. The zero-order valence-corrected chi connectivity index (χ0v) is 14.9. The smallest absolute Gasteiger partial charge is 0.272 e. The number of carbonyl (C=O) groups is 2. The van der Waals surface area contributed by atoms with E-state index in [1.165, 1.54) is 16.4 Å². The van der Waals surface area contributed by atoms with Gasteiger partial charge in [0.15, 0.2) is 0 Å². The Morgan fingerprint density at radius 3 is 2.78 bits per heavy atom. The molecule has 7 heteroatoms. The van der Waals surface area contributed by atoms with Crippen molar-refractivity contribution in [2.24, 2.45) is 13.0 Å². The summed E-state index contributed by atoms with van der Waals surface area (Å²) in [4.78, 5) is 25.1. The predicted octanol–water partition coefficient (Wildman–Crippen LogP) is 2.69. The molecule has 1 saturated carbocycles. The number of hydrogen-bond acceptors (Lipinski definition) is 4. The molecule has 7 nitrogen and oxygen atoms in total. The first kappa shape index (κ1) is 17.1. The molecular formula is C20H20N4O3. The van der Waals surface area contributed by atoms with E-state index in [-0.39, 0.29) is 30.2 Å². The number of aryl methyl sites for hydroxylation is 1. The summed E-state index contributed by atoms with van der Waals surface area (Å²) in [6.45, 7) is 0.267. The lowest BCUT2D eigenvalue weighted by Gasteiger charge is -2.08. The maximum atomic E-state index is 12.6. The number of hydrogen-bond donors (Lipinski definition) is 2. The minimum atomic E-state index is -0.322. The average molecular weight is 364 g/mol. The summed E-state index contributed by atoms with van der Waals surface area (Å²) < 4.78 is 6.67. The molecule has 0 bridgehead atoms. The molecule has 2 amide bonds. The molecule has 1 aliphatic carbocycles. The van der Waals surface area contributed by atoms with Gasteiger partial charge in [-0.3, -0.25) is 14.3 Å². The number of rotatable bonds is 6. The van der Waals surface area contributed by atoms with E-state index in [1.54, 1.807) is 25.4 Å².